The average Bonchev–Trinajstić information content (AvgIpc) is 2.03. The Balaban J connectivity index is 2.42. The van der Waals surface area contributed by atoms with E-state index in [9.17, 15) is 0 Å². The molecule has 0 aliphatic heterocycles. The normalized spacial score (nSPS) is 33.7. The minimum absolute atomic E-state index is 0.817. The first-order valence-corrected chi connectivity index (χ1v) is 5.79. The van der Waals surface area contributed by atoms with Crippen molar-refractivity contribution in [2.45, 2.75) is 37.0 Å². The highest BCUT2D eigenvalue weighted by Crippen LogP contribution is 2.31. The van der Waals surface area contributed by atoms with E-state index < -0.39 is 0 Å². The summed E-state index contributed by atoms with van der Waals surface area (Å²) in [5.74, 6) is 1.76. The van der Waals surface area contributed by atoms with Crippen molar-refractivity contribution in [1.82, 2.24) is 0 Å². The third-order valence-electron chi connectivity index (χ3n) is 2.48. The number of hydrogen-bond donors (Lipinski definition) is 0. The molecule has 0 aromatic carbocycles. The Morgan fingerprint density at radius 2 is 2.36 bits per heavy atom. The van der Waals surface area contributed by atoms with Gasteiger partial charge in [0, 0.05) is 3.92 Å². The van der Waals surface area contributed by atoms with Crippen molar-refractivity contribution in [2.75, 3.05) is 0 Å². The number of allylic oxidation sites excluding steroid dienone is 2. The Bertz CT molecular complexity index is 140. The fourth-order valence-electron chi connectivity index (χ4n) is 1.77. The van der Waals surface area contributed by atoms with Gasteiger partial charge in [0.2, 0.25) is 0 Å². The first kappa shape index (κ1) is 9.56. The molecule has 0 aromatic heterocycles. The summed E-state index contributed by atoms with van der Waals surface area (Å²) in [6.45, 7) is 4.61. The molecule has 1 rings (SSSR count). The van der Waals surface area contributed by atoms with Crippen LogP contribution in [0.4, 0.5) is 0 Å². The summed E-state index contributed by atoms with van der Waals surface area (Å²) < 4.78 is 0.889. The van der Waals surface area contributed by atoms with E-state index in [1.807, 2.05) is 0 Å². The zero-order chi connectivity index (χ0) is 8.27. The van der Waals surface area contributed by atoms with Gasteiger partial charge >= 0.3 is 0 Å². The molecule has 11 heavy (non-hydrogen) atoms. The maximum atomic E-state index is 2.60. The molecule has 64 valence electrons. The van der Waals surface area contributed by atoms with Gasteiger partial charge in [-0.3, -0.25) is 0 Å². The summed E-state index contributed by atoms with van der Waals surface area (Å²) in [5, 5.41) is 0. The van der Waals surface area contributed by atoms with E-state index in [1.165, 1.54) is 19.3 Å². The Hall–Kier alpha value is 0.470. The van der Waals surface area contributed by atoms with Crippen molar-refractivity contribution < 1.29 is 0 Å². The largest absolute Gasteiger partial charge is 0.0880 e. The quantitative estimate of drug-likeness (QED) is 0.404. The molecule has 0 radical (unpaired) electrons. The fourth-order valence-corrected chi connectivity index (χ4v) is 2.35. The van der Waals surface area contributed by atoms with Crippen LogP contribution in [0.5, 0.6) is 0 Å². The van der Waals surface area contributed by atoms with E-state index in [0.717, 1.165) is 15.8 Å². The molecular weight excluding hydrogens is 247 g/mol. The molecule has 1 aliphatic rings. The third kappa shape index (κ3) is 2.77. The van der Waals surface area contributed by atoms with Crippen LogP contribution in [0.25, 0.3) is 0 Å². The standard InChI is InChI=1S/C10H17I/c1-3-10(11)9-6-4-5-8(2)7-9/h4-5,8-10H,3,6-7H2,1-2H3. The second kappa shape index (κ2) is 4.48. The van der Waals surface area contributed by atoms with Crippen LogP contribution < -0.4 is 0 Å². The van der Waals surface area contributed by atoms with Crippen molar-refractivity contribution in [3.63, 3.8) is 0 Å². The zero-order valence-electron chi connectivity index (χ0n) is 7.39. The van der Waals surface area contributed by atoms with E-state index in [1.54, 1.807) is 0 Å². The molecule has 0 fully saturated rings. The van der Waals surface area contributed by atoms with Crippen LogP contribution in [0.2, 0.25) is 0 Å². The highest BCUT2D eigenvalue weighted by molar-refractivity contribution is 14.1. The van der Waals surface area contributed by atoms with Crippen molar-refractivity contribution in [3.05, 3.63) is 12.2 Å². The molecule has 0 amide bonds. The van der Waals surface area contributed by atoms with Crippen LogP contribution in [-0.4, -0.2) is 3.92 Å². The molecule has 0 nitrogen and oxygen atoms in total. The first-order valence-electron chi connectivity index (χ1n) is 4.54. The smallest absolute Gasteiger partial charge is 0.0138 e. The lowest BCUT2D eigenvalue weighted by atomic mass is 9.85. The van der Waals surface area contributed by atoms with Gasteiger partial charge in [-0.2, -0.15) is 0 Å². The monoisotopic (exact) mass is 264 g/mol. The molecule has 1 heteroatoms. The number of hydrogen-bond acceptors (Lipinski definition) is 0. The Labute approximate surface area is 83.6 Å². The van der Waals surface area contributed by atoms with Crippen molar-refractivity contribution in [1.29, 1.82) is 0 Å². The van der Waals surface area contributed by atoms with Crippen LogP contribution in [-0.2, 0) is 0 Å². The summed E-state index contributed by atoms with van der Waals surface area (Å²) in [6, 6.07) is 0. The molecular formula is C10H17I. The summed E-state index contributed by atoms with van der Waals surface area (Å²) in [6.07, 6.45) is 8.76. The van der Waals surface area contributed by atoms with Crippen molar-refractivity contribution >= 4 is 22.6 Å². The maximum absolute atomic E-state index is 2.60. The van der Waals surface area contributed by atoms with Gasteiger partial charge in [-0.1, -0.05) is 48.6 Å². The lowest BCUT2D eigenvalue weighted by Crippen LogP contribution is -2.18. The van der Waals surface area contributed by atoms with Gasteiger partial charge in [0.1, 0.15) is 0 Å². The molecule has 0 spiro atoms. The van der Waals surface area contributed by atoms with Gasteiger partial charge in [-0.05, 0) is 31.1 Å². The van der Waals surface area contributed by atoms with Gasteiger partial charge in [0.05, 0.1) is 0 Å². The lowest BCUT2D eigenvalue weighted by Gasteiger charge is -2.25. The molecule has 0 saturated carbocycles. The third-order valence-corrected chi connectivity index (χ3v) is 4.38. The lowest BCUT2D eigenvalue weighted by molar-refractivity contribution is 0.407. The number of rotatable bonds is 2. The van der Waals surface area contributed by atoms with Crippen molar-refractivity contribution in [2.24, 2.45) is 11.8 Å². The number of halogens is 1. The van der Waals surface area contributed by atoms with Crippen LogP contribution in [0.3, 0.4) is 0 Å². The molecule has 0 heterocycles. The Morgan fingerprint density at radius 1 is 1.64 bits per heavy atom. The van der Waals surface area contributed by atoms with Gasteiger partial charge in [0.25, 0.3) is 0 Å². The second-order valence-corrected chi connectivity index (χ2v) is 5.16. The van der Waals surface area contributed by atoms with Gasteiger partial charge in [0.15, 0.2) is 0 Å². The zero-order valence-corrected chi connectivity index (χ0v) is 9.54. The molecule has 3 unspecified atom stereocenters. The second-order valence-electron chi connectivity index (χ2n) is 3.56. The summed E-state index contributed by atoms with van der Waals surface area (Å²) in [5.41, 5.74) is 0. The molecule has 0 saturated heterocycles. The molecule has 0 aromatic rings. The molecule has 3 atom stereocenters. The summed E-state index contributed by atoms with van der Waals surface area (Å²) in [7, 11) is 0. The molecule has 1 aliphatic carbocycles. The van der Waals surface area contributed by atoms with Crippen LogP contribution in [0, 0.1) is 11.8 Å². The summed E-state index contributed by atoms with van der Waals surface area (Å²) in [4.78, 5) is 0. The van der Waals surface area contributed by atoms with Crippen LogP contribution >= 0.6 is 22.6 Å². The SMILES string of the molecule is CCC(I)C1CC=CC(C)C1. The van der Waals surface area contributed by atoms with Crippen LogP contribution in [0.1, 0.15) is 33.1 Å². The highest BCUT2D eigenvalue weighted by Gasteiger charge is 2.20. The van der Waals surface area contributed by atoms with E-state index in [2.05, 4.69) is 48.6 Å². The summed E-state index contributed by atoms with van der Waals surface area (Å²) >= 11 is 2.60. The van der Waals surface area contributed by atoms with E-state index in [0.29, 0.717) is 0 Å². The van der Waals surface area contributed by atoms with Crippen molar-refractivity contribution in [3.8, 4) is 0 Å². The molecule has 0 N–H and O–H groups in total. The van der Waals surface area contributed by atoms with E-state index >= 15 is 0 Å². The van der Waals surface area contributed by atoms with E-state index in [-0.39, 0.29) is 0 Å². The Morgan fingerprint density at radius 3 is 2.91 bits per heavy atom. The maximum Gasteiger partial charge on any atom is 0.0138 e. The average molecular weight is 264 g/mol. The predicted octanol–water partition coefficient (Wildman–Crippen LogP) is 3.80. The number of alkyl halides is 1. The van der Waals surface area contributed by atoms with E-state index in [4.69, 9.17) is 0 Å². The van der Waals surface area contributed by atoms with Gasteiger partial charge in [-0.15, -0.1) is 0 Å². The minimum Gasteiger partial charge on any atom is -0.0880 e. The van der Waals surface area contributed by atoms with Gasteiger partial charge in [-0.25, -0.2) is 0 Å². The molecule has 0 bridgehead atoms. The first-order chi connectivity index (χ1) is 5.24. The minimum atomic E-state index is 0.817. The fraction of sp³-hybridized carbons (Fsp3) is 0.800. The predicted molar refractivity (Wildman–Crippen MR) is 59.1 cm³/mol. The van der Waals surface area contributed by atoms with Gasteiger partial charge < -0.3 is 0 Å². The Kier molecular flexibility index (Phi) is 3.90. The van der Waals surface area contributed by atoms with Crippen LogP contribution in [0.15, 0.2) is 12.2 Å². The highest BCUT2D eigenvalue weighted by atomic mass is 127. The topological polar surface area (TPSA) is 0 Å².